The van der Waals surface area contributed by atoms with Gasteiger partial charge in [-0.1, -0.05) is 24.3 Å². The average Bonchev–Trinajstić information content (AvgIpc) is 1.84. The summed E-state index contributed by atoms with van der Waals surface area (Å²) in [7, 11) is 0. The van der Waals surface area contributed by atoms with Crippen molar-refractivity contribution >= 4 is 0 Å². The van der Waals surface area contributed by atoms with E-state index in [1.54, 1.807) is 25.2 Å². The lowest BCUT2D eigenvalue weighted by atomic mass is 10.2. The number of hydrogen-bond donors (Lipinski definition) is 0. The summed E-state index contributed by atoms with van der Waals surface area (Å²) in [5.74, 6) is 0. The fourth-order valence-electron chi connectivity index (χ4n) is 0.625. The fourth-order valence-corrected chi connectivity index (χ4v) is 0.625. The minimum atomic E-state index is -4.22. The number of alkyl halides is 3. The maximum Gasteiger partial charge on any atom is 0.410 e. The predicted octanol–water partition coefficient (Wildman–Crippen LogP) is 3.63. The van der Waals surface area contributed by atoms with E-state index in [0.717, 1.165) is 0 Å². The van der Waals surface area contributed by atoms with Gasteiger partial charge in [0.15, 0.2) is 0 Å². The maximum absolute atomic E-state index is 11.7. The van der Waals surface area contributed by atoms with Gasteiger partial charge in [-0.3, -0.25) is 0 Å². The molecule has 3 heteroatoms. The summed E-state index contributed by atoms with van der Waals surface area (Å²) in [6, 6.07) is 0. The molecular weight excluding hydrogens is 165 g/mol. The second kappa shape index (κ2) is 4.80. The summed E-state index contributed by atoms with van der Waals surface area (Å²) >= 11 is 0. The molecule has 0 unspecified atom stereocenters. The van der Waals surface area contributed by atoms with Gasteiger partial charge < -0.3 is 0 Å². The van der Waals surface area contributed by atoms with E-state index < -0.39 is 6.18 Å². The Labute approximate surface area is 70.1 Å². The molecule has 0 aliphatic carbocycles. The molecule has 0 radical (unpaired) electrons. The molecule has 0 N–H and O–H groups in total. The van der Waals surface area contributed by atoms with Crippen LogP contribution in [0.1, 0.15) is 13.8 Å². The first-order valence-electron chi connectivity index (χ1n) is 3.51. The highest BCUT2D eigenvalue weighted by atomic mass is 19.4. The summed E-state index contributed by atoms with van der Waals surface area (Å²) < 4.78 is 35.1. The van der Waals surface area contributed by atoms with Gasteiger partial charge in [-0.2, -0.15) is 13.2 Å². The zero-order valence-electron chi connectivity index (χ0n) is 7.02. The minimum Gasteiger partial charge on any atom is -0.167 e. The van der Waals surface area contributed by atoms with Gasteiger partial charge in [-0.15, -0.1) is 0 Å². The predicted molar refractivity (Wildman–Crippen MR) is 43.8 cm³/mol. The van der Waals surface area contributed by atoms with Gasteiger partial charge in [0.2, 0.25) is 0 Å². The number of allylic oxidation sites excluding steroid dienone is 6. The second-order valence-corrected chi connectivity index (χ2v) is 2.31. The van der Waals surface area contributed by atoms with Gasteiger partial charge in [0, 0.05) is 6.08 Å². The summed E-state index contributed by atoms with van der Waals surface area (Å²) in [5, 5.41) is 0. The lowest BCUT2D eigenvalue weighted by Crippen LogP contribution is -2.01. The summed E-state index contributed by atoms with van der Waals surface area (Å²) in [6.45, 7) is 3.21. The molecule has 0 atom stereocenters. The number of hydrogen-bond acceptors (Lipinski definition) is 0. The van der Waals surface area contributed by atoms with Crippen molar-refractivity contribution in [1.29, 1.82) is 0 Å². The molecule has 12 heavy (non-hydrogen) atoms. The number of rotatable bonds is 2. The van der Waals surface area contributed by atoms with Crippen molar-refractivity contribution in [3.8, 4) is 0 Å². The Balaban J connectivity index is 4.21. The third-order valence-electron chi connectivity index (χ3n) is 1.05. The quantitative estimate of drug-likeness (QED) is 0.563. The van der Waals surface area contributed by atoms with E-state index in [-0.39, 0.29) is 11.6 Å². The maximum atomic E-state index is 11.7. The Kier molecular flexibility index (Phi) is 4.40. The van der Waals surface area contributed by atoms with Crippen LogP contribution < -0.4 is 0 Å². The molecule has 0 aliphatic heterocycles. The van der Waals surface area contributed by atoms with Crippen molar-refractivity contribution in [2.45, 2.75) is 20.0 Å². The van der Waals surface area contributed by atoms with Crippen LogP contribution in [0.2, 0.25) is 0 Å². The molecule has 0 saturated carbocycles. The van der Waals surface area contributed by atoms with Crippen LogP contribution in [0.4, 0.5) is 13.2 Å². The van der Waals surface area contributed by atoms with Crippen LogP contribution in [0.5, 0.6) is 0 Å². The van der Waals surface area contributed by atoms with Crippen LogP contribution in [-0.4, -0.2) is 6.18 Å². The molecule has 0 aliphatic rings. The zero-order chi connectivity index (χ0) is 9.61. The van der Waals surface area contributed by atoms with Gasteiger partial charge in [0.05, 0.1) is 0 Å². The van der Waals surface area contributed by atoms with Crippen LogP contribution in [0.15, 0.2) is 36.0 Å². The molecule has 0 aromatic rings. The van der Waals surface area contributed by atoms with Crippen molar-refractivity contribution in [2.75, 3.05) is 0 Å². The topological polar surface area (TPSA) is 0 Å². The largest absolute Gasteiger partial charge is 0.410 e. The first-order valence-corrected chi connectivity index (χ1v) is 3.51. The molecule has 0 heterocycles. The third kappa shape index (κ3) is 7.12. The van der Waals surface area contributed by atoms with Crippen molar-refractivity contribution < 1.29 is 13.2 Å². The highest BCUT2D eigenvalue weighted by molar-refractivity contribution is 5.21. The average molecular weight is 176 g/mol. The van der Waals surface area contributed by atoms with Gasteiger partial charge in [0.1, 0.15) is 0 Å². The lowest BCUT2D eigenvalue weighted by Gasteiger charge is -1.98. The van der Waals surface area contributed by atoms with E-state index in [4.69, 9.17) is 0 Å². The van der Waals surface area contributed by atoms with E-state index in [9.17, 15) is 13.2 Å². The molecule has 0 fully saturated rings. The van der Waals surface area contributed by atoms with Crippen LogP contribution in [0.25, 0.3) is 0 Å². The van der Waals surface area contributed by atoms with Gasteiger partial charge in [0.25, 0.3) is 0 Å². The van der Waals surface area contributed by atoms with Crippen LogP contribution >= 0.6 is 0 Å². The fraction of sp³-hybridized carbons (Fsp3) is 0.333. The first-order chi connectivity index (χ1) is 5.45. The molecule has 68 valence electrons. The smallest absolute Gasteiger partial charge is 0.167 e. The molecule has 0 bridgehead atoms. The standard InChI is InChI=1S/C9H11F3/c1-3-4-5-6-8(2)7-9(10,11)12/h3-7H,1-2H3/b4-3-,6-5-,8-7+. The van der Waals surface area contributed by atoms with Gasteiger partial charge in [-0.05, 0) is 19.4 Å². The van der Waals surface area contributed by atoms with Crippen LogP contribution in [0.3, 0.4) is 0 Å². The molecule has 0 rings (SSSR count). The third-order valence-corrected chi connectivity index (χ3v) is 1.05. The SMILES string of the molecule is C\C=C/C=C\C(C)=C\C(F)(F)F. The van der Waals surface area contributed by atoms with Crippen molar-refractivity contribution in [3.63, 3.8) is 0 Å². The Morgan fingerprint density at radius 2 is 1.75 bits per heavy atom. The van der Waals surface area contributed by atoms with E-state index in [2.05, 4.69) is 0 Å². The molecule has 0 aromatic heterocycles. The van der Waals surface area contributed by atoms with Crippen LogP contribution in [-0.2, 0) is 0 Å². The van der Waals surface area contributed by atoms with Crippen molar-refractivity contribution in [1.82, 2.24) is 0 Å². The van der Waals surface area contributed by atoms with E-state index in [1.807, 2.05) is 0 Å². The second-order valence-electron chi connectivity index (χ2n) is 2.31. The molecule has 0 amide bonds. The highest BCUT2D eigenvalue weighted by Crippen LogP contribution is 2.18. The monoisotopic (exact) mass is 176 g/mol. The Bertz CT molecular complexity index is 206. The normalized spacial score (nSPS) is 14.9. The van der Waals surface area contributed by atoms with Crippen molar-refractivity contribution in [2.24, 2.45) is 0 Å². The zero-order valence-corrected chi connectivity index (χ0v) is 7.02. The Hall–Kier alpha value is -0.990. The van der Waals surface area contributed by atoms with Crippen LogP contribution in [0, 0.1) is 0 Å². The van der Waals surface area contributed by atoms with E-state index in [0.29, 0.717) is 0 Å². The molecule has 0 saturated heterocycles. The van der Waals surface area contributed by atoms with Crippen molar-refractivity contribution in [3.05, 3.63) is 36.0 Å². The van der Waals surface area contributed by atoms with Gasteiger partial charge >= 0.3 is 6.18 Å². The summed E-state index contributed by atoms with van der Waals surface area (Å²) in [5.41, 5.74) is 0.195. The molecular formula is C9H11F3. The van der Waals surface area contributed by atoms with E-state index in [1.165, 1.54) is 13.0 Å². The lowest BCUT2D eigenvalue weighted by molar-refractivity contribution is -0.0803. The number of halogens is 3. The molecule has 0 nitrogen and oxygen atoms in total. The summed E-state index contributed by atoms with van der Waals surface area (Å²) in [4.78, 5) is 0. The molecule has 0 spiro atoms. The van der Waals surface area contributed by atoms with E-state index >= 15 is 0 Å². The minimum absolute atomic E-state index is 0.195. The molecule has 0 aromatic carbocycles. The first kappa shape index (κ1) is 11.0. The Morgan fingerprint density at radius 3 is 2.17 bits per heavy atom. The Morgan fingerprint density at radius 1 is 1.17 bits per heavy atom. The highest BCUT2D eigenvalue weighted by Gasteiger charge is 2.22. The van der Waals surface area contributed by atoms with Gasteiger partial charge in [-0.25, -0.2) is 0 Å². The summed E-state index contributed by atoms with van der Waals surface area (Å²) in [6.07, 6.45) is 2.45.